The van der Waals surface area contributed by atoms with Crippen LogP contribution >= 0.6 is 0 Å². The maximum absolute atomic E-state index is 10.8. The van der Waals surface area contributed by atoms with Crippen molar-refractivity contribution in [1.29, 1.82) is 0 Å². The molecular weight excluding hydrogens is 202 g/mol. The second-order valence-electron chi connectivity index (χ2n) is 4.60. The van der Waals surface area contributed by atoms with E-state index in [1.54, 1.807) is 6.92 Å². The Morgan fingerprint density at radius 3 is 2.19 bits per heavy atom. The fourth-order valence-corrected chi connectivity index (χ4v) is 1.73. The summed E-state index contributed by atoms with van der Waals surface area (Å²) in [6, 6.07) is 0. The minimum atomic E-state index is -0.683. The van der Waals surface area contributed by atoms with Crippen molar-refractivity contribution >= 4 is 5.97 Å². The molecule has 0 rings (SSSR count). The van der Waals surface area contributed by atoms with Crippen LogP contribution in [0.25, 0.3) is 0 Å². The molecule has 0 aliphatic heterocycles. The highest BCUT2D eigenvalue weighted by Gasteiger charge is 2.15. The summed E-state index contributed by atoms with van der Waals surface area (Å²) < 4.78 is 0. The largest absolute Gasteiger partial charge is 0.481 e. The zero-order valence-electron chi connectivity index (χ0n) is 11.0. The van der Waals surface area contributed by atoms with Crippen LogP contribution in [0.3, 0.4) is 0 Å². The standard InChI is InChI=1S/C13H27NO2/c1-4-6-8-10-14(9-7-5-2)11-12(3)13(15)16/h12H,4-11H2,1-3H3,(H,15,16). The zero-order chi connectivity index (χ0) is 12.4. The van der Waals surface area contributed by atoms with Crippen molar-refractivity contribution in [3.8, 4) is 0 Å². The minimum Gasteiger partial charge on any atom is -0.481 e. The number of carboxylic acid groups (broad SMARTS) is 1. The highest BCUT2D eigenvalue weighted by molar-refractivity contribution is 5.69. The predicted molar refractivity (Wildman–Crippen MR) is 67.7 cm³/mol. The summed E-state index contributed by atoms with van der Waals surface area (Å²) in [6.45, 7) is 8.94. The van der Waals surface area contributed by atoms with E-state index < -0.39 is 5.97 Å². The maximum Gasteiger partial charge on any atom is 0.307 e. The molecule has 0 aromatic carbocycles. The SMILES string of the molecule is CCCCCN(CCCC)CC(C)C(=O)O. The fourth-order valence-electron chi connectivity index (χ4n) is 1.73. The third-order valence-corrected chi connectivity index (χ3v) is 2.86. The van der Waals surface area contributed by atoms with Gasteiger partial charge in [0, 0.05) is 6.54 Å². The Kier molecular flexibility index (Phi) is 9.30. The van der Waals surface area contributed by atoms with Crippen LogP contribution in [0.1, 0.15) is 52.9 Å². The topological polar surface area (TPSA) is 40.5 Å². The molecule has 3 nitrogen and oxygen atoms in total. The summed E-state index contributed by atoms with van der Waals surface area (Å²) >= 11 is 0. The molecular formula is C13H27NO2. The lowest BCUT2D eigenvalue weighted by molar-refractivity contribution is -0.141. The Morgan fingerprint density at radius 1 is 1.12 bits per heavy atom. The summed E-state index contributed by atoms with van der Waals surface area (Å²) in [4.78, 5) is 13.1. The number of unbranched alkanes of at least 4 members (excludes halogenated alkanes) is 3. The first-order valence-electron chi connectivity index (χ1n) is 6.56. The second-order valence-corrected chi connectivity index (χ2v) is 4.60. The molecule has 96 valence electrons. The number of carbonyl (C=O) groups is 1. The first kappa shape index (κ1) is 15.4. The van der Waals surface area contributed by atoms with E-state index in [1.165, 1.54) is 32.1 Å². The smallest absolute Gasteiger partial charge is 0.307 e. The first-order chi connectivity index (χ1) is 7.61. The minimum absolute atomic E-state index is 0.251. The van der Waals surface area contributed by atoms with Crippen LogP contribution in [0.4, 0.5) is 0 Å². The summed E-state index contributed by atoms with van der Waals surface area (Å²) in [7, 11) is 0. The van der Waals surface area contributed by atoms with Crippen molar-refractivity contribution in [3.05, 3.63) is 0 Å². The second kappa shape index (κ2) is 9.64. The molecule has 1 atom stereocenters. The molecule has 0 aromatic heterocycles. The van der Waals surface area contributed by atoms with Gasteiger partial charge in [0.25, 0.3) is 0 Å². The lowest BCUT2D eigenvalue weighted by atomic mass is 10.1. The maximum atomic E-state index is 10.8. The van der Waals surface area contributed by atoms with Crippen LogP contribution < -0.4 is 0 Å². The number of hydrogen-bond acceptors (Lipinski definition) is 2. The van der Waals surface area contributed by atoms with Crippen molar-refractivity contribution in [1.82, 2.24) is 4.90 Å². The average molecular weight is 229 g/mol. The summed E-state index contributed by atoms with van der Waals surface area (Å²) in [6.07, 6.45) is 5.98. The molecule has 1 N–H and O–H groups in total. The van der Waals surface area contributed by atoms with E-state index in [-0.39, 0.29) is 5.92 Å². The molecule has 0 aliphatic rings. The van der Waals surface area contributed by atoms with Crippen molar-refractivity contribution in [3.63, 3.8) is 0 Å². The van der Waals surface area contributed by atoms with E-state index in [0.29, 0.717) is 6.54 Å². The fraction of sp³-hybridized carbons (Fsp3) is 0.923. The number of rotatable bonds is 10. The summed E-state index contributed by atoms with van der Waals surface area (Å²) in [5.41, 5.74) is 0. The molecule has 0 amide bonds. The summed E-state index contributed by atoms with van der Waals surface area (Å²) in [5, 5.41) is 8.90. The van der Waals surface area contributed by atoms with E-state index in [2.05, 4.69) is 18.7 Å². The Labute approximate surface area is 99.8 Å². The van der Waals surface area contributed by atoms with E-state index >= 15 is 0 Å². The van der Waals surface area contributed by atoms with Crippen LogP contribution in [0.15, 0.2) is 0 Å². The van der Waals surface area contributed by atoms with Gasteiger partial charge in [0.2, 0.25) is 0 Å². The molecule has 0 spiro atoms. The Balaban J connectivity index is 3.93. The Bertz CT molecular complexity index is 183. The van der Waals surface area contributed by atoms with E-state index in [1.807, 2.05) is 0 Å². The monoisotopic (exact) mass is 229 g/mol. The van der Waals surface area contributed by atoms with E-state index in [0.717, 1.165) is 13.1 Å². The van der Waals surface area contributed by atoms with Gasteiger partial charge in [0.05, 0.1) is 5.92 Å². The molecule has 1 unspecified atom stereocenters. The van der Waals surface area contributed by atoms with Gasteiger partial charge in [-0.1, -0.05) is 40.0 Å². The van der Waals surface area contributed by atoms with Gasteiger partial charge in [0.15, 0.2) is 0 Å². The molecule has 0 aliphatic carbocycles. The predicted octanol–water partition coefficient (Wildman–Crippen LogP) is 3.00. The number of nitrogens with zero attached hydrogens (tertiary/aromatic N) is 1. The number of carboxylic acids is 1. The Hall–Kier alpha value is -0.570. The third kappa shape index (κ3) is 7.69. The molecule has 0 saturated carbocycles. The molecule has 3 heteroatoms. The average Bonchev–Trinajstić information content (AvgIpc) is 2.25. The first-order valence-corrected chi connectivity index (χ1v) is 6.56. The van der Waals surface area contributed by atoms with Crippen molar-refractivity contribution < 1.29 is 9.90 Å². The van der Waals surface area contributed by atoms with Crippen molar-refractivity contribution in [2.24, 2.45) is 5.92 Å². The van der Waals surface area contributed by atoms with Gasteiger partial charge in [-0.05, 0) is 25.9 Å². The quantitative estimate of drug-likeness (QED) is 0.585. The lowest BCUT2D eigenvalue weighted by Crippen LogP contribution is -2.33. The highest BCUT2D eigenvalue weighted by atomic mass is 16.4. The number of aliphatic carboxylic acids is 1. The van der Waals surface area contributed by atoms with Crippen LogP contribution in [0, 0.1) is 5.92 Å². The van der Waals surface area contributed by atoms with Crippen LogP contribution in [-0.2, 0) is 4.79 Å². The number of hydrogen-bond donors (Lipinski definition) is 1. The van der Waals surface area contributed by atoms with Gasteiger partial charge < -0.3 is 10.0 Å². The van der Waals surface area contributed by atoms with Gasteiger partial charge in [-0.3, -0.25) is 4.79 Å². The lowest BCUT2D eigenvalue weighted by Gasteiger charge is -2.23. The molecule has 0 radical (unpaired) electrons. The Morgan fingerprint density at radius 2 is 1.69 bits per heavy atom. The zero-order valence-corrected chi connectivity index (χ0v) is 11.0. The molecule has 0 aromatic rings. The molecule has 0 saturated heterocycles. The molecule has 0 bridgehead atoms. The van der Waals surface area contributed by atoms with Gasteiger partial charge in [-0.2, -0.15) is 0 Å². The van der Waals surface area contributed by atoms with Gasteiger partial charge in [-0.15, -0.1) is 0 Å². The molecule has 0 heterocycles. The van der Waals surface area contributed by atoms with Gasteiger partial charge >= 0.3 is 5.97 Å². The third-order valence-electron chi connectivity index (χ3n) is 2.86. The van der Waals surface area contributed by atoms with E-state index in [9.17, 15) is 4.79 Å². The molecule has 0 fully saturated rings. The van der Waals surface area contributed by atoms with Crippen LogP contribution in [-0.4, -0.2) is 35.6 Å². The van der Waals surface area contributed by atoms with Crippen LogP contribution in [0.5, 0.6) is 0 Å². The molecule has 16 heavy (non-hydrogen) atoms. The normalized spacial score (nSPS) is 13.0. The van der Waals surface area contributed by atoms with E-state index in [4.69, 9.17) is 5.11 Å². The van der Waals surface area contributed by atoms with Crippen molar-refractivity contribution in [2.75, 3.05) is 19.6 Å². The highest BCUT2D eigenvalue weighted by Crippen LogP contribution is 2.05. The summed E-state index contributed by atoms with van der Waals surface area (Å²) in [5.74, 6) is -0.935. The van der Waals surface area contributed by atoms with Gasteiger partial charge in [-0.25, -0.2) is 0 Å². The van der Waals surface area contributed by atoms with Gasteiger partial charge in [0.1, 0.15) is 0 Å². The van der Waals surface area contributed by atoms with Crippen molar-refractivity contribution in [2.45, 2.75) is 52.9 Å². The van der Waals surface area contributed by atoms with Crippen LogP contribution in [0.2, 0.25) is 0 Å².